The maximum Gasteiger partial charge on any atom is 0.254 e. The minimum Gasteiger partial charge on any atom is -0.367 e. The number of anilines is 1. The van der Waals surface area contributed by atoms with Crippen LogP contribution in [0.4, 0.5) is 5.69 Å². The molecule has 21 heavy (non-hydrogen) atoms. The summed E-state index contributed by atoms with van der Waals surface area (Å²) in [6, 6.07) is 9.01. The number of hydrogen-bond donors (Lipinski definition) is 0. The van der Waals surface area contributed by atoms with Gasteiger partial charge in [0.15, 0.2) is 0 Å². The molecule has 1 amide bonds. The number of carbonyl (C=O) groups excluding carboxylic acids is 1. The van der Waals surface area contributed by atoms with E-state index < -0.39 is 0 Å². The Bertz CT molecular complexity index is 627. The number of benzene rings is 1. The van der Waals surface area contributed by atoms with Gasteiger partial charge in [-0.25, -0.2) is 0 Å². The van der Waals surface area contributed by atoms with Gasteiger partial charge in [0, 0.05) is 36.8 Å². The zero-order valence-corrected chi connectivity index (χ0v) is 12.2. The Morgan fingerprint density at radius 2 is 1.90 bits per heavy atom. The van der Waals surface area contributed by atoms with Crippen molar-refractivity contribution in [2.45, 2.75) is 0 Å². The number of amides is 1. The molecule has 0 saturated carbocycles. The largest absolute Gasteiger partial charge is 0.367 e. The van der Waals surface area contributed by atoms with Crippen molar-refractivity contribution in [1.29, 1.82) is 0 Å². The first-order valence-corrected chi connectivity index (χ1v) is 7.18. The average Bonchev–Trinajstić information content (AvgIpc) is 2.55. The van der Waals surface area contributed by atoms with Crippen LogP contribution in [0.2, 0.25) is 5.02 Å². The molecule has 1 aromatic heterocycles. The van der Waals surface area contributed by atoms with E-state index in [4.69, 9.17) is 11.6 Å². The molecule has 0 spiro atoms. The third-order valence-electron chi connectivity index (χ3n) is 3.57. The molecule has 2 heterocycles. The highest BCUT2D eigenvalue weighted by molar-refractivity contribution is 6.30. The summed E-state index contributed by atoms with van der Waals surface area (Å²) >= 11 is 5.94. The quantitative estimate of drug-likeness (QED) is 0.852. The number of nitrogens with zero attached hydrogens (tertiary/aromatic N) is 4. The summed E-state index contributed by atoms with van der Waals surface area (Å²) in [5, 5.41) is 8.25. The molecule has 1 saturated heterocycles. The SMILES string of the molecule is O=C(c1cccc(Cl)c1)N1CCN(c2ccnnc2)CC1. The highest BCUT2D eigenvalue weighted by Gasteiger charge is 2.22. The standard InChI is InChI=1S/C15H15ClN4O/c16-13-3-1-2-12(10-13)15(21)20-8-6-19(7-9-20)14-4-5-17-18-11-14/h1-5,10-11H,6-9H2. The molecule has 108 valence electrons. The summed E-state index contributed by atoms with van der Waals surface area (Å²) in [5.41, 5.74) is 1.68. The molecule has 0 N–H and O–H groups in total. The van der Waals surface area contributed by atoms with Gasteiger partial charge in [0.2, 0.25) is 0 Å². The normalized spacial score (nSPS) is 15.1. The second kappa shape index (κ2) is 6.10. The van der Waals surface area contributed by atoms with Crippen molar-refractivity contribution in [3.8, 4) is 0 Å². The predicted octanol–water partition coefficient (Wildman–Crippen LogP) is 2.09. The van der Waals surface area contributed by atoms with Crippen LogP contribution in [0.5, 0.6) is 0 Å². The highest BCUT2D eigenvalue weighted by Crippen LogP contribution is 2.17. The fourth-order valence-electron chi connectivity index (χ4n) is 2.44. The van der Waals surface area contributed by atoms with Gasteiger partial charge in [-0.2, -0.15) is 10.2 Å². The van der Waals surface area contributed by atoms with Crippen LogP contribution >= 0.6 is 11.6 Å². The maximum atomic E-state index is 12.4. The first-order valence-electron chi connectivity index (χ1n) is 6.80. The van der Waals surface area contributed by atoms with Gasteiger partial charge in [-0.15, -0.1) is 0 Å². The molecule has 1 fully saturated rings. The van der Waals surface area contributed by atoms with Crippen LogP contribution in [-0.4, -0.2) is 47.2 Å². The van der Waals surface area contributed by atoms with Crippen molar-refractivity contribution in [1.82, 2.24) is 15.1 Å². The lowest BCUT2D eigenvalue weighted by atomic mass is 10.2. The Hall–Kier alpha value is -2.14. The molecule has 3 rings (SSSR count). The average molecular weight is 303 g/mol. The van der Waals surface area contributed by atoms with Gasteiger partial charge in [-0.3, -0.25) is 4.79 Å². The summed E-state index contributed by atoms with van der Waals surface area (Å²) in [5.74, 6) is 0.0324. The zero-order valence-electron chi connectivity index (χ0n) is 11.4. The Balaban J connectivity index is 1.64. The number of piperazine rings is 1. The number of aromatic nitrogens is 2. The molecule has 6 heteroatoms. The van der Waals surface area contributed by atoms with E-state index in [1.165, 1.54) is 0 Å². The van der Waals surface area contributed by atoms with Crippen molar-refractivity contribution in [2.24, 2.45) is 0 Å². The van der Waals surface area contributed by atoms with Crippen molar-refractivity contribution in [2.75, 3.05) is 31.1 Å². The van der Waals surface area contributed by atoms with E-state index >= 15 is 0 Å². The van der Waals surface area contributed by atoms with Crippen LogP contribution in [0.3, 0.4) is 0 Å². The third kappa shape index (κ3) is 3.13. The monoisotopic (exact) mass is 302 g/mol. The van der Waals surface area contributed by atoms with Crippen molar-refractivity contribution < 1.29 is 4.79 Å². The number of rotatable bonds is 2. The lowest BCUT2D eigenvalue weighted by molar-refractivity contribution is 0.0747. The van der Waals surface area contributed by atoms with E-state index in [9.17, 15) is 4.79 Å². The van der Waals surface area contributed by atoms with Gasteiger partial charge in [-0.05, 0) is 24.3 Å². The smallest absolute Gasteiger partial charge is 0.254 e. The molecule has 1 aliphatic rings. The highest BCUT2D eigenvalue weighted by atomic mass is 35.5. The fourth-order valence-corrected chi connectivity index (χ4v) is 2.63. The van der Waals surface area contributed by atoms with Gasteiger partial charge >= 0.3 is 0 Å². The fraction of sp³-hybridized carbons (Fsp3) is 0.267. The van der Waals surface area contributed by atoms with Crippen molar-refractivity contribution >= 4 is 23.2 Å². The molecule has 2 aromatic rings. The van der Waals surface area contributed by atoms with Crippen LogP contribution in [-0.2, 0) is 0 Å². The molecule has 0 radical (unpaired) electrons. The summed E-state index contributed by atoms with van der Waals surface area (Å²) in [4.78, 5) is 16.5. The molecule has 1 aliphatic heterocycles. The minimum atomic E-state index is 0.0324. The van der Waals surface area contributed by atoms with E-state index in [1.807, 2.05) is 11.0 Å². The van der Waals surface area contributed by atoms with Crippen LogP contribution in [0.1, 0.15) is 10.4 Å². The van der Waals surface area contributed by atoms with E-state index in [-0.39, 0.29) is 5.91 Å². The van der Waals surface area contributed by atoms with E-state index in [0.717, 1.165) is 18.8 Å². The molecule has 0 bridgehead atoms. The number of hydrogen-bond acceptors (Lipinski definition) is 4. The number of carbonyl (C=O) groups is 1. The molecular weight excluding hydrogens is 288 g/mol. The van der Waals surface area contributed by atoms with Crippen LogP contribution in [0.15, 0.2) is 42.7 Å². The lowest BCUT2D eigenvalue weighted by Crippen LogP contribution is -2.48. The minimum absolute atomic E-state index is 0.0324. The summed E-state index contributed by atoms with van der Waals surface area (Å²) in [6.07, 6.45) is 3.42. The first kappa shape index (κ1) is 13.8. The molecule has 0 atom stereocenters. The molecular formula is C15H15ClN4O. The van der Waals surface area contributed by atoms with Crippen LogP contribution in [0.25, 0.3) is 0 Å². The van der Waals surface area contributed by atoms with E-state index in [2.05, 4.69) is 15.1 Å². The van der Waals surface area contributed by atoms with Crippen molar-refractivity contribution in [3.05, 3.63) is 53.3 Å². The predicted molar refractivity (Wildman–Crippen MR) is 81.6 cm³/mol. The number of halogens is 1. The molecule has 0 unspecified atom stereocenters. The van der Waals surface area contributed by atoms with Crippen molar-refractivity contribution in [3.63, 3.8) is 0 Å². The van der Waals surface area contributed by atoms with Gasteiger partial charge in [0.25, 0.3) is 5.91 Å². The second-order valence-electron chi connectivity index (χ2n) is 4.89. The van der Waals surface area contributed by atoms with E-state index in [1.54, 1.807) is 36.7 Å². The van der Waals surface area contributed by atoms with Crippen LogP contribution < -0.4 is 4.90 Å². The van der Waals surface area contributed by atoms with E-state index in [0.29, 0.717) is 23.7 Å². The Morgan fingerprint density at radius 3 is 2.57 bits per heavy atom. The zero-order chi connectivity index (χ0) is 14.7. The Labute approximate surface area is 128 Å². The molecule has 5 nitrogen and oxygen atoms in total. The molecule has 1 aromatic carbocycles. The third-order valence-corrected chi connectivity index (χ3v) is 3.81. The Kier molecular flexibility index (Phi) is 4.01. The van der Waals surface area contributed by atoms with Gasteiger partial charge < -0.3 is 9.80 Å². The topological polar surface area (TPSA) is 49.3 Å². The summed E-state index contributed by atoms with van der Waals surface area (Å²) < 4.78 is 0. The summed E-state index contributed by atoms with van der Waals surface area (Å²) in [7, 11) is 0. The Morgan fingerprint density at radius 1 is 1.10 bits per heavy atom. The van der Waals surface area contributed by atoms with Gasteiger partial charge in [0.05, 0.1) is 18.1 Å². The second-order valence-corrected chi connectivity index (χ2v) is 5.33. The lowest BCUT2D eigenvalue weighted by Gasteiger charge is -2.35. The van der Waals surface area contributed by atoms with Gasteiger partial charge in [0.1, 0.15) is 0 Å². The van der Waals surface area contributed by atoms with Crippen LogP contribution in [0, 0.1) is 0 Å². The maximum absolute atomic E-state index is 12.4. The van der Waals surface area contributed by atoms with Gasteiger partial charge in [-0.1, -0.05) is 17.7 Å². The summed E-state index contributed by atoms with van der Waals surface area (Å²) in [6.45, 7) is 2.96. The first-order chi connectivity index (χ1) is 10.2. The molecule has 0 aliphatic carbocycles.